The molecular formula is C44H50FIrNO3S-2. The maximum atomic E-state index is 15.1. The van der Waals surface area contributed by atoms with Crippen molar-refractivity contribution in [1.29, 1.82) is 0 Å². The number of pyridine rings is 1. The number of benzene rings is 3. The number of thiophene rings is 1. The Morgan fingerprint density at radius 3 is 2.35 bits per heavy atom. The number of rotatable bonds is 11. The minimum atomic E-state index is -0.132. The number of allylic oxidation sites excluding steroid dienone is 2. The maximum Gasteiger partial charge on any atom is 0.162 e. The summed E-state index contributed by atoms with van der Waals surface area (Å²) in [5.41, 5.74) is 5.34. The first kappa shape index (κ1) is 40.4. The monoisotopic (exact) mass is 884 g/mol. The van der Waals surface area contributed by atoms with Gasteiger partial charge in [0.15, 0.2) is 5.78 Å². The van der Waals surface area contributed by atoms with Crippen molar-refractivity contribution in [2.45, 2.75) is 92.4 Å². The van der Waals surface area contributed by atoms with Gasteiger partial charge >= 0.3 is 0 Å². The van der Waals surface area contributed by atoms with Gasteiger partial charge < -0.3 is 17.0 Å². The van der Waals surface area contributed by atoms with Crippen molar-refractivity contribution in [2.24, 2.45) is 17.8 Å². The average Bonchev–Trinajstić information content (AvgIpc) is 3.76. The molecule has 4 nitrogen and oxygen atoms in total. The van der Waals surface area contributed by atoms with Crippen LogP contribution >= 0.6 is 11.3 Å². The zero-order chi connectivity index (χ0) is 34.8. The molecule has 3 heterocycles. The summed E-state index contributed by atoms with van der Waals surface area (Å²) >= 11 is 1.73. The first-order valence-electron chi connectivity index (χ1n) is 18.0. The van der Waals surface area contributed by atoms with E-state index in [1.165, 1.54) is 17.0 Å². The molecule has 0 saturated heterocycles. The van der Waals surface area contributed by atoms with Crippen LogP contribution in [0.3, 0.4) is 0 Å². The predicted molar refractivity (Wildman–Crippen MR) is 209 cm³/mol. The number of aromatic nitrogens is 1. The SMILES string of the molecule is CC(C)Cc1csc2c(-c3[c-]c4ccccc4c4c3oc3cc(C5CC5)c(F)cc34)nccc12.CCC(CC)C(=O)/C=C(\O)C(CC)CC.[CH3-].[Ir]. The Kier molecular flexibility index (Phi) is 13.8. The number of fused-ring (bicyclic) bond motifs is 6. The zero-order valence-corrected chi connectivity index (χ0v) is 34.1. The van der Waals surface area contributed by atoms with Gasteiger partial charge in [0.2, 0.25) is 0 Å². The maximum absolute atomic E-state index is 15.1. The minimum absolute atomic E-state index is 0. The zero-order valence-electron chi connectivity index (χ0n) is 30.9. The summed E-state index contributed by atoms with van der Waals surface area (Å²) in [4.78, 5) is 16.5. The second-order valence-electron chi connectivity index (χ2n) is 13.9. The number of aliphatic hydroxyl groups is 1. The van der Waals surface area contributed by atoms with Crippen molar-refractivity contribution in [1.82, 2.24) is 4.98 Å². The number of carbonyl (C=O) groups is 1. The molecule has 7 heteroatoms. The predicted octanol–water partition coefficient (Wildman–Crippen LogP) is 13.3. The standard InChI is InChI=1S/C30H23FNOS.C13H24O2.CH3.Ir/c1-16(2)11-19-15-34-30-21(19)9-10-32-28(30)24-12-18-5-3-4-6-20(18)27-23-13-25(31)22(17-7-8-17)14-26(23)33-29(24)27;1-5-10(6-2)12(14)9-13(15)11(7-3)8-4;;/h3-6,9-10,13-17H,7-8,11H2,1-2H3;9-11,14H,5-8H2,1-4H3;1H3;/q-1;;-1;/b;12-9-;;. The van der Waals surface area contributed by atoms with Crippen LogP contribution < -0.4 is 0 Å². The third-order valence-corrected chi connectivity index (χ3v) is 11.1. The van der Waals surface area contributed by atoms with Crippen molar-refractivity contribution in [3.63, 3.8) is 0 Å². The fourth-order valence-electron chi connectivity index (χ4n) is 7.02. The van der Waals surface area contributed by atoms with E-state index >= 15 is 4.39 Å². The first-order chi connectivity index (χ1) is 23.7. The van der Waals surface area contributed by atoms with Crippen LogP contribution in [-0.4, -0.2) is 15.9 Å². The molecule has 3 aromatic carbocycles. The molecule has 3 aromatic heterocycles. The van der Waals surface area contributed by atoms with Gasteiger partial charge in [0.1, 0.15) is 11.4 Å². The molecule has 273 valence electrons. The van der Waals surface area contributed by atoms with Crippen LogP contribution in [0.4, 0.5) is 4.39 Å². The Hall–Kier alpha value is -3.38. The number of hydrogen-bond donors (Lipinski definition) is 1. The van der Waals surface area contributed by atoms with Gasteiger partial charge in [-0.1, -0.05) is 70.7 Å². The molecule has 1 radical (unpaired) electrons. The number of hydrogen-bond acceptors (Lipinski definition) is 5. The van der Waals surface area contributed by atoms with Crippen molar-refractivity contribution >= 4 is 59.9 Å². The molecule has 1 N–H and O–H groups in total. The van der Waals surface area contributed by atoms with E-state index in [0.717, 1.165) is 99.2 Å². The summed E-state index contributed by atoms with van der Waals surface area (Å²) in [5.74, 6) is 1.32. The van der Waals surface area contributed by atoms with Crippen LogP contribution in [0.2, 0.25) is 0 Å². The fraction of sp³-hybridized carbons (Fsp3) is 0.386. The largest absolute Gasteiger partial charge is 0.512 e. The van der Waals surface area contributed by atoms with Gasteiger partial charge in [-0.2, -0.15) is 0 Å². The number of aliphatic hydroxyl groups excluding tert-OH is 1. The Balaban J connectivity index is 0.000000296. The van der Waals surface area contributed by atoms with Gasteiger partial charge in [-0.25, -0.2) is 4.39 Å². The fourth-order valence-corrected chi connectivity index (χ4v) is 8.10. The Morgan fingerprint density at radius 2 is 1.71 bits per heavy atom. The average molecular weight is 884 g/mol. The van der Waals surface area contributed by atoms with Crippen LogP contribution in [0.15, 0.2) is 70.3 Å². The molecule has 0 bridgehead atoms. The Bertz CT molecular complexity index is 2150. The third kappa shape index (κ3) is 8.32. The molecule has 0 spiro atoms. The van der Waals surface area contributed by atoms with Gasteiger partial charge in [-0.3, -0.25) is 9.78 Å². The van der Waals surface area contributed by atoms with E-state index in [9.17, 15) is 9.90 Å². The molecule has 1 aliphatic rings. The van der Waals surface area contributed by atoms with Gasteiger partial charge in [-0.15, -0.1) is 28.9 Å². The van der Waals surface area contributed by atoms with E-state index in [1.54, 1.807) is 17.4 Å². The Morgan fingerprint density at radius 1 is 1.02 bits per heavy atom. The quantitative estimate of drug-likeness (QED) is 0.0800. The topological polar surface area (TPSA) is 63.3 Å². The van der Waals surface area contributed by atoms with E-state index in [1.807, 2.05) is 52.1 Å². The van der Waals surface area contributed by atoms with Crippen LogP contribution in [-0.2, 0) is 31.3 Å². The van der Waals surface area contributed by atoms with Crippen molar-refractivity contribution in [2.75, 3.05) is 0 Å². The number of halogens is 1. The number of nitrogens with zero attached hydrogens (tertiary/aromatic N) is 1. The second kappa shape index (κ2) is 17.4. The van der Waals surface area contributed by atoms with E-state index in [4.69, 9.17) is 9.40 Å². The molecule has 51 heavy (non-hydrogen) atoms. The van der Waals surface area contributed by atoms with E-state index < -0.39 is 0 Å². The van der Waals surface area contributed by atoms with E-state index in [2.05, 4.69) is 43.5 Å². The first-order valence-corrected chi connectivity index (χ1v) is 18.9. The number of ketones is 1. The normalized spacial score (nSPS) is 13.3. The number of furan rings is 1. The minimum Gasteiger partial charge on any atom is -0.512 e. The summed E-state index contributed by atoms with van der Waals surface area (Å²) in [6.45, 7) is 12.6. The van der Waals surface area contributed by atoms with E-state index in [-0.39, 0.29) is 56.7 Å². The second-order valence-corrected chi connectivity index (χ2v) is 14.8. The smallest absolute Gasteiger partial charge is 0.162 e. The van der Waals surface area contributed by atoms with Gasteiger partial charge in [-0.05, 0) is 102 Å². The van der Waals surface area contributed by atoms with Gasteiger partial charge in [0, 0.05) is 60.0 Å². The summed E-state index contributed by atoms with van der Waals surface area (Å²) in [6, 6.07) is 17.5. The molecule has 0 amide bonds. The summed E-state index contributed by atoms with van der Waals surface area (Å²) < 4.78 is 22.8. The molecule has 6 aromatic rings. The molecule has 1 fully saturated rings. The molecular weight excluding hydrogens is 834 g/mol. The Labute approximate surface area is 319 Å². The van der Waals surface area contributed by atoms with Gasteiger partial charge in [0.05, 0.1) is 11.3 Å². The van der Waals surface area contributed by atoms with Gasteiger partial charge in [0.25, 0.3) is 0 Å². The molecule has 0 atom stereocenters. The van der Waals surface area contributed by atoms with Crippen LogP contribution in [0.25, 0.3) is 54.1 Å². The molecule has 1 saturated carbocycles. The molecule has 1 aliphatic carbocycles. The molecule has 7 rings (SSSR count). The summed E-state index contributed by atoms with van der Waals surface area (Å²) in [7, 11) is 0. The summed E-state index contributed by atoms with van der Waals surface area (Å²) in [5, 5.41) is 17.0. The molecule has 0 unspecified atom stereocenters. The van der Waals surface area contributed by atoms with Crippen molar-refractivity contribution in [3.8, 4) is 11.3 Å². The van der Waals surface area contributed by atoms with Crippen LogP contribution in [0.5, 0.6) is 0 Å². The van der Waals surface area contributed by atoms with Crippen molar-refractivity contribution < 1.29 is 38.8 Å². The summed E-state index contributed by atoms with van der Waals surface area (Å²) in [6.07, 6.45) is 9.93. The number of carbonyl (C=O) groups excluding carboxylic acids is 1. The third-order valence-electron chi connectivity index (χ3n) is 10.0. The van der Waals surface area contributed by atoms with E-state index in [0.29, 0.717) is 11.8 Å². The molecule has 0 aliphatic heterocycles. The van der Waals surface area contributed by atoms with Crippen molar-refractivity contribution in [3.05, 3.63) is 96.3 Å². The van der Waals surface area contributed by atoms with Crippen LogP contribution in [0.1, 0.15) is 97.1 Å². The van der Waals surface area contributed by atoms with Crippen LogP contribution in [0, 0.1) is 37.1 Å².